The summed E-state index contributed by atoms with van der Waals surface area (Å²) in [7, 11) is 0. The average molecular weight is 588 g/mol. The van der Waals surface area contributed by atoms with Crippen LogP contribution in [-0.4, -0.2) is 0 Å². The molecule has 8 aromatic carbocycles. The Hall–Kier alpha value is -6.12. The monoisotopic (exact) mass is 587 g/mol. The highest BCUT2D eigenvalue weighted by Crippen LogP contribution is 2.46. The minimum absolute atomic E-state index is 0.889. The second-order valence-corrected chi connectivity index (χ2v) is 11.8. The molecule has 1 heterocycles. The van der Waals surface area contributed by atoms with E-state index in [2.05, 4.69) is 175 Å². The maximum atomic E-state index is 6.61. The van der Waals surface area contributed by atoms with Crippen molar-refractivity contribution in [2.45, 2.75) is 0 Å². The predicted molar refractivity (Wildman–Crippen MR) is 194 cm³/mol. The Bertz CT molecular complexity index is 2530. The van der Waals surface area contributed by atoms with E-state index >= 15 is 0 Å². The molecule has 9 rings (SSSR count). The molecule has 0 fully saturated rings. The fourth-order valence-electron chi connectivity index (χ4n) is 6.77. The smallest absolute Gasteiger partial charge is 0.145 e. The minimum atomic E-state index is 0.889. The summed E-state index contributed by atoms with van der Waals surface area (Å²) in [4.78, 5) is 2.38. The van der Waals surface area contributed by atoms with E-state index in [1.165, 1.54) is 33.0 Å². The van der Waals surface area contributed by atoms with Gasteiger partial charge in [-0.3, -0.25) is 0 Å². The Morgan fingerprint density at radius 2 is 1.00 bits per heavy atom. The molecule has 0 bridgehead atoms. The van der Waals surface area contributed by atoms with Crippen LogP contribution in [0, 0.1) is 0 Å². The highest BCUT2D eigenvalue weighted by atomic mass is 16.3. The molecule has 0 aliphatic rings. The lowest BCUT2D eigenvalue weighted by atomic mass is 9.99. The molecule has 0 atom stereocenters. The summed E-state index contributed by atoms with van der Waals surface area (Å²) in [5, 5.41) is 6.96. The van der Waals surface area contributed by atoms with Crippen LogP contribution in [0.3, 0.4) is 0 Å². The van der Waals surface area contributed by atoms with Crippen molar-refractivity contribution >= 4 is 60.5 Å². The fourth-order valence-corrected chi connectivity index (χ4v) is 6.77. The SMILES string of the molecule is c1ccc(-c2cccc(N(c3ccc(-c4ccc5ccccc5c4)cc3)c3cc4ccccc4c4oc5ccccc5c34)c2)cc1. The van der Waals surface area contributed by atoms with Crippen molar-refractivity contribution in [1.29, 1.82) is 0 Å². The van der Waals surface area contributed by atoms with Gasteiger partial charge in [-0.15, -0.1) is 0 Å². The van der Waals surface area contributed by atoms with E-state index in [0.29, 0.717) is 0 Å². The lowest BCUT2D eigenvalue weighted by Gasteiger charge is -2.27. The molecule has 46 heavy (non-hydrogen) atoms. The second kappa shape index (κ2) is 10.8. The first-order valence-electron chi connectivity index (χ1n) is 15.7. The number of hydrogen-bond donors (Lipinski definition) is 0. The van der Waals surface area contributed by atoms with Gasteiger partial charge in [0.15, 0.2) is 0 Å². The van der Waals surface area contributed by atoms with Gasteiger partial charge in [-0.05, 0) is 80.9 Å². The van der Waals surface area contributed by atoms with Crippen LogP contribution in [0.4, 0.5) is 17.1 Å². The molecule has 0 N–H and O–H groups in total. The molecule has 216 valence electrons. The van der Waals surface area contributed by atoms with Crippen molar-refractivity contribution in [3.05, 3.63) is 176 Å². The molecule has 0 saturated carbocycles. The third kappa shape index (κ3) is 4.43. The minimum Gasteiger partial charge on any atom is -0.455 e. The van der Waals surface area contributed by atoms with Gasteiger partial charge in [0.1, 0.15) is 11.2 Å². The number of hydrogen-bond acceptors (Lipinski definition) is 2. The van der Waals surface area contributed by atoms with Crippen molar-refractivity contribution in [3.8, 4) is 22.3 Å². The molecule has 0 amide bonds. The molecule has 1 aromatic heterocycles. The molecule has 0 aliphatic heterocycles. The van der Waals surface area contributed by atoms with E-state index in [1.54, 1.807) is 0 Å². The van der Waals surface area contributed by atoms with Gasteiger partial charge in [-0.1, -0.05) is 133 Å². The summed E-state index contributed by atoms with van der Waals surface area (Å²) in [6.45, 7) is 0. The molecule has 0 radical (unpaired) electrons. The van der Waals surface area contributed by atoms with Gasteiger partial charge in [0.25, 0.3) is 0 Å². The van der Waals surface area contributed by atoms with Crippen LogP contribution in [0.5, 0.6) is 0 Å². The van der Waals surface area contributed by atoms with Crippen molar-refractivity contribution in [2.75, 3.05) is 4.90 Å². The van der Waals surface area contributed by atoms with Crippen LogP contribution < -0.4 is 4.90 Å². The topological polar surface area (TPSA) is 16.4 Å². The van der Waals surface area contributed by atoms with Crippen LogP contribution in [0.15, 0.2) is 180 Å². The van der Waals surface area contributed by atoms with E-state index in [0.717, 1.165) is 49.8 Å². The molecular formula is C44H29NO. The highest BCUT2D eigenvalue weighted by molar-refractivity contribution is 6.21. The number of rotatable bonds is 5. The van der Waals surface area contributed by atoms with Gasteiger partial charge in [0.05, 0.1) is 11.1 Å². The summed E-state index contributed by atoms with van der Waals surface area (Å²) < 4.78 is 6.61. The van der Waals surface area contributed by atoms with Crippen LogP contribution in [0.1, 0.15) is 0 Å². The molecular weight excluding hydrogens is 558 g/mol. The summed E-state index contributed by atoms with van der Waals surface area (Å²) >= 11 is 0. The van der Waals surface area contributed by atoms with E-state index < -0.39 is 0 Å². The van der Waals surface area contributed by atoms with Gasteiger partial charge in [-0.25, -0.2) is 0 Å². The zero-order chi connectivity index (χ0) is 30.5. The van der Waals surface area contributed by atoms with Gasteiger partial charge < -0.3 is 9.32 Å². The summed E-state index contributed by atoms with van der Waals surface area (Å²) in [6, 6.07) is 62.7. The zero-order valence-corrected chi connectivity index (χ0v) is 25.1. The first-order valence-corrected chi connectivity index (χ1v) is 15.7. The number of anilines is 3. The maximum absolute atomic E-state index is 6.61. The standard InChI is InChI=1S/C44H29NO/c1-2-11-30(12-3-1)34-16-10-17-38(28-34)45(37-25-23-32(24-26-37)35-22-21-31-13-4-5-14-33(31)27-35)41-29-36-15-6-7-18-39(36)44-43(41)40-19-8-9-20-42(40)46-44/h1-29H. The first-order chi connectivity index (χ1) is 22.8. The number of para-hydroxylation sites is 1. The molecule has 0 unspecified atom stereocenters. The van der Waals surface area contributed by atoms with Crippen LogP contribution in [0.25, 0.3) is 65.7 Å². The van der Waals surface area contributed by atoms with Gasteiger partial charge in [-0.2, -0.15) is 0 Å². The van der Waals surface area contributed by atoms with Gasteiger partial charge in [0, 0.05) is 22.1 Å². The van der Waals surface area contributed by atoms with Crippen molar-refractivity contribution in [3.63, 3.8) is 0 Å². The lowest BCUT2D eigenvalue weighted by molar-refractivity contribution is 0.672. The van der Waals surface area contributed by atoms with Gasteiger partial charge in [0.2, 0.25) is 0 Å². The largest absolute Gasteiger partial charge is 0.455 e. The molecule has 9 aromatic rings. The highest BCUT2D eigenvalue weighted by Gasteiger charge is 2.22. The van der Waals surface area contributed by atoms with Crippen LogP contribution in [0.2, 0.25) is 0 Å². The fraction of sp³-hybridized carbons (Fsp3) is 0. The second-order valence-electron chi connectivity index (χ2n) is 11.8. The number of fused-ring (bicyclic) bond motifs is 6. The van der Waals surface area contributed by atoms with Crippen molar-refractivity contribution in [1.82, 2.24) is 0 Å². The Kier molecular flexibility index (Phi) is 6.17. The van der Waals surface area contributed by atoms with E-state index in [-0.39, 0.29) is 0 Å². The maximum Gasteiger partial charge on any atom is 0.145 e. The Morgan fingerprint density at radius 3 is 1.85 bits per heavy atom. The Balaban J connectivity index is 1.28. The third-order valence-electron chi connectivity index (χ3n) is 9.01. The third-order valence-corrected chi connectivity index (χ3v) is 9.01. The van der Waals surface area contributed by atoms with Crippen LogP contribution >= 0.6 is 0 Å². The van der Waals surface area contributed by atoms with E-state index in [1.807, 2.05) is 6.07 Å². The molecule has 2 nitrogen and oxygen atoms in total. The van der Waals surface area contributed by atoms with Gasteiger partial charge >= 0.3 is 0 Å². The molecule has 0 aliphatic carbocycles. The number of benzene rings is 8. The molecule has 2 heteroatoms. The molecule has 0 spiro atoms. The zero-order valence-electron chi connectivity index (χ0n) is 25.1. The Labute approximate surface area is 267 Å². The average Bonchev–Trinajstić information content (AvgIpc) is 3.53. The Morgan fingerprint density at radius 1 is 0.370 bits per heavy atom. The van der Waals surface area contributed by atoms with Crippen molar-refractivity contribution < 1.29 is 4.42 Å². The normalized spacial score (nSPS) is 11.5. The van der Waals surface area contributed by atoms with Crippen LogP contribution in [-0.2, 0) is 0 Å². The quantitative estimate of drug-likeness (QED) is 0.199. The predicted octanol–water partition coefficient (Wildman–Crippen LogP) is 12.7. The summed E-state index contributed by atoms with van der Waals surface area (Å²) in [6.07, 6.45) is 0. The first kappa shape index (κ1) is 26.3. The van der Waals surface area contributed by atoms with E-state index in [4.69, 9.17) is 4.42 Å². The number of furan rings is 1. The van der Waals surface area contributed by atoms with E-state index in [9.17, 15) is 0 Å². The lowest BCUT2D eigenvalue weighted by Crippen LogP contribution is -2.10. The number of nitrogens with zero attached hydrogens (tertiary/aromatic N) is 1. The summed E-state index contributed by atoms with van der Waals surface area (Å²) in [5.41, 5.74) is 9.80. The summed E-state index contributed by atoms with van der Waals surface area (Å²) in [5.74, 6) is 0. The molecule has 0 saturated heterocycles. The van der Waals surface area contributed by atoms with Crippen molar-refractivity contribution in [2.24, 2.45) is 0 Å².